The molecule has 0 bridgehead atoms. The van der Waals surface area contributed by atoms with Crippen LogP contribution in [0.5, 0.6) is 0 Å². The van der Waals surface area contributed by atoms with Crippen LogP contribution in [0.1, 0.15) is 46.0 Å². The van der Waals surface area contributed by atoms with E-state index >= 15 is 0 Å². The van der Waals surface area contributed by atoms with E-state index in [-0.39, 0.29) is 5.28 Å². The maximum atomic E-state index is 5.95. The molecule has 0 spiro atoms. The van der Waals surface area contributed by atoms with Crippen LogP contribution in [-0.4, -0.2) is 26.0 Å². The van der Waals surface area contributed by atoms with Crippen LogP contribution < -0.4 is 5.32 Å². The first kappa shape index (κ1) is 14.9. The summed E-state index contributed by atoms with van der Waals surface area (Å²) in [5.41, 5.74) is 1.20. The molecule has 0 saturated carbocycles. The van der Waals surface area contributed by atoms with E-state index in [1.807, 2.05) is 0 Å². The second-order valence-corrected chi connectivity index (χ2v) is 5.15. The Morgan fingerprint density at radius 3 is 2.70 bits per heavy atom. The van der Waals surface area contributed by atoms with E-state index in [0.717, 1.165) is 12.8 Å². The lowest BCUT2D eigenvalue weighted by atomic mass is 10.1. The van der Waals surface area contributed by atoms with E-state index in [4.69, 9.17) is 11.6 Å². The predicted octanol–water partition coefficient (Wildman–Crippen LogP) is 3.84. The number of hydrogen-bond donors (Lipinski definition) is 1. The van der Waals surface area contributed by atoms with Gasteiger partial charge in [0.2, 0.25) is 5.28 Å². The van der Waals surface area contributed by atoms with Gasteiger partial charge in [-0.05, 0) is 24.4 Å². The van der Waals surface area contributed by atoms with Crippen LogP contribution in [0.25, 0.3) is 11.2 Å². The van der Waals surface area contributed by atoms with Gasteiger partial charge in [0.1, 0.15) is 0 Å². The van der Waals surface area contributed by atoms with Crippen molar-refractivity contribution in [2.75, 3.05) is 5.32 Å². The van der Waals surface area contributed by atoms with E-state index in [9.17, 15) is 0 Å². The van der Waals surface area contributed by atoms with Gasteiger partial charge in [0.15, 0.2) is 17.0 Å². The summed E-state index contributed by atoms with van der Waals surface area (Å²) < 4.78 is 0. The molecule has 108 valence electrons. The Hall–Kier alpha value is -1.49. The SMILES string of the molecule is CCCCCC(CC)Nc1nc(Cl)nc2nccnc12. The molecule has 20 heavy (non-hydrogen) atoms. The van der Waals surface area contributed by atoms with Gasteiger partial charge in [0.25, 0.3) is 0 Å². The van der Waals surface area contributed by atoms with Crippen molar-refractivity contribution in [3.63, 3.8) is 0 Å². The van der Waals surface area contributed by atoms with Gasteiger partial charge in [-0.15, -0.1) is 0 Å². The topological polar surface area (TPSA) is 63.6 Å². The van der Waals surface area contributed by atoms with Gasteiger partial charge in [-0.1, -0.05) is 33.1 Å². The van der Waals surface area contributed by atoms with E-state index in [0.29, 0.717) is 23.0 Å². The van der Waals surface area contributed by atoms with Gasteiger partial charge in [-0.3, -0.25) is 0 Å². The number of anilines is 1. The fourth-order valence-electron chi connectivity index (χ4n) is 2.15. The Balaban J connectivity index is 2.18. The molecule has 0 aliphatic rings. The highest BCUT2D eigenvalue weighted by molar-refractivity contribution is 6.28. The number of halogens is 1. The highest BCUT2D eigenvalue weighted by Crippen LogP contribution is 2.20. The maximum Gasteiger partial charge on any atom is 0.226 e. The van der Waals surface area contributed by atoms with Gasteiger partial charge in [-0.2, -0.15) is 9.97 Å². The van der Waals surface area contributed by atoms with Gasteiger partial charge >= 0.3 is 0 Å². The summed E-state index contributed by atoms with van der Waals surface area (Å²) in [7, 11) is 0. The first-order valence-electron chi connectivity index (χ1n) is 7.15. The zero-order valence-corrected chi connectivity index (χ0v) is 12.7. The predicted molar refractivity (Wildman–Crippen MR) is 82.0 cm³/mol. The Morgan fingerprint density at radius 2 is 1.95 bits per heavy atom. The van der Waals surface area contributed by atoms with Crippen molar-refractivity contribution in [2.24, 2.45) is 0 Å². The van der Waals surface area contributed by atoms with Crippen molar-refractivity contribution >= 4 is 28.6 Å². The Labute approximate surface area is 124 Å². The maximum absolute atomic E-state index is 5.95. The van der Waals surface area contributed by atoms with Crippen LogP contribution in [0.2, 0.25) is 5.28 Å². The lowest BCUT2D eigenvalue weighted by molar-refractivity contribution is 0.573. The Morgan fingerprint density at radius 1 is 1.15 bits per heavy atom. The minimum absolute atomic E-state index is 0.198. The molecule has 6 heteroatoms. The first-order chi connectivity index (χ1) is 9.74. The summed E-state index contributed by atoms with van der Waals surface area (Å²) in [5.74, 6) is 0.677. The summed E-state index contributed by atoms with van der Waals surface area (Å²) in [6.45, 7) is 4.38. The summed E-state index contributed by atoms with van der Waals surface area (Å²) in [4.78, 5) is 16.8. The lowest BCUT2D eigenvalue weighted by Crippen LogP contribution is -2.19. The molecule has 1 unspecified atom stereocenters. The summed E-state index contributed by atoms with van der Waals surface area (Å²) in [5, 5.41) is 3.63. The van der Waals surface area contributed by atoms with Crippen molar-refractivity contribution < 1.29 is 0 Å². The van der Waals surface area contributed by atoms with Gasteiger partial charge in [0, 0.05) is 18.4 Å². The number of unbranched alkanes of at least 4 members (excludes halogenated alkanes) is 2. The van der Waals surface area contributed by atoms with Crippen molar-refractivity contribution in [3.8, 4) is 0 Å². The highest BCUT2D eigenvalue weighted by Gasteiger charge is 2.12. The van der Waals surface area contributed by atoms with Crippen LogP contribution in [0, 0.1) is 0 Å². The van der Waals surface area contributed by atoms with Crippen LogP contribution in [0.4, 0.5) is 5.82 Å². The number of rotatable bonds is 7. The molecule has 0 radical (unpaired) electrons. The molecule has 2 heterocycles. The molecule has 0 fully saturated rings. The Kier molecular flexibility index (Phi) is 5.47. The van der Waals surface area contributed by atoms with E-state index in [1.54, 1.807) is 12.4 Å². The molecule has 1 N–H and O–H groups in total. The zero-order valence-electron chi connectivity index (χ0n) is 11.9. The normalized spacial score (nSPS) is 12.6. The molecular weight excluding hydrogens is 274 g/mol. The average Bonchev–Trinajstić information content (AvgIpc) is 2.46. The zero-order chi connectivity index (χ0) is 14.4. The molecule has 0 saturated heterocycles. The fraction of sp³-hybridized carbons (Fsp3) is 0.571. The van der Waals surface area contributed by atoms with Crippen molar-refractivity contribution in [1.29, 1.82) is 0 Å². The summed E-state index contributed by atoms with van der Waals surface area (Å²) in [6, 6.07) is 0.373. The third-order valence-electron chi connectivity index (χ3n) is 3.30. The van der Waals surface area contributed by atoms with Crippen LogP contribution in [-0.2, 0) is 0 Å². The van der Waals surface area contributed by atoms with Crippen LogP contribution in [0.3, 0.4) is 0 Å². The average molecular weight is 294 g/mol. The molecule has 0 amide bonds. The first-order valence-corrected chi connectivity index (χ1v) is 7.53. The Bertz CT molecular complexity index is 560. The van der Waals surface area contributed by atoms with Gasteiger partial charge in [0.05, 0.1) is 0 Å². The summed E-state index contributed by atoms with van der Waals surface area (Å²) >= 11 is 5.95. The number of nitrogens with zero attached hydrogens (tertiary/aromatic N) is 4. The van der Waals surface area contributed by atoms with Crippen LogP contribution in [0.15, 0.2) is 12.4 Å². The van der Waals surface area contributed by atoms with Gasteiger partial charge < -0.3 is 5.32 Å². The largest absolute Gasteiger partial charge is 0.365 e. The smallest absolute Gasteiger partial charge is 0.226 e. The third kappa shape index (κ3) is 3.76. The molecule has 5 nitrogen and oxygen atoms in total. The number of hydrogen-bond acceptors (Lipinski definition) is 5. The molecular formula is C14H20ClN5. The third-order valence-corrected chi connectivity index (χ3v) is 3.46. The highest BCUT2D eigenvalue weighted by atomic mass is 35.5. The second-order valence-electron chi connectivity index (χ2n) is 4.82. The molecule has 0 aliphatic heterocycles. The molecule has 0 aromatic carbocycles. The van der Waals surface area contributed by atoms with Crippen molar-refractivity contribution in [2.45, 2.75) is 52.0 Å². The number of nitrogens with one attached hydrogen (secondary N) is 1. The fourth-order valence-corrected chi connectivity index (χ4v) is 2.31. The lowest BCUT2D eigenvalue weighted by Gasteiger charge is -2.18. The minimum Gasteiger partial charge on any atom is -0.365 e. The molecule has 2 aromatic heterocycles. The molecule has 2 aromatic rings. The molecule has 0 aliphatic carbocycles. The molecule has 2 rings (SSSR count). The second kappa shape index (κ2) is 7.33. The van der Waals surface area contributed by atoms with Gasteiger partial charge in [-0.25, -0.2) is 9.97 Å². The quantitative estimate of drug-likeness (QED) is 0.620. The van der Waals surface area contributed by atoms with E-state index < -0.39 is 0 Å². The number of fused-ring (bicyclic) bond motifs is 1. The monoisotopic (exact) mass is 293 g/mol. The van der Waals surface area contributed by atoms with Crippen LogP contribution >= 0.6 is 11.6 Å². The van der Waals surface area contributed by atoms with E-state index in [2.05, 4.69) is 39.1 Å². The van der Waals surface area contributed by atoms with E-state index in [1.165, 1.54) is 19.3 Å². The number of aromatic nitrogens is 4. The van der Waals surface area contributed by atoms with Crippen molar-refractivity contribution in [1.82, 2.24) is 19.9 Å². The standard InChI is InChI=1S/C14H20ClN5/c1-3-5-6-7-10(4-2)18-13-11-12(17-9-8-16-11)19-14(15)20-13/h8-10H,3-7H2,1-2H3,(H,17,18,19,20). The summed E-state index contributed by atoms with van der Waals surface area (Å²) in [6.07, 6.45) is 9.09. The minimum atomic E-state index is 0.198. The molecule has 1 atom stereocenters. The van der Waals surface area contributed by atoms with Crippen molar-refractivity contribution in [3.05, 3.63) is 17.7 Å².